The molecule has 0 radical (unpaired) electrons. The third-order valence-electron chi connectivity index (χ3n) is 7.23. The van der Waals surface area contributed by atoms with Crippen molar-refractivity contribution in [2.75, 3.05) is 35.2 Å². The Bertz CT molecular complexity index is 1200. The van der Waals surface area contributed by atoms with E-state index in [0.717, 1.165) is 16.7 Å². The van der Waals surface area contributed by atoms with Gasteiger partial charge in [-0.2, -0.15) is 0 Å². The van der Waals surface area contributed by atoms with Crippen molar-refractivity contribution >= 4 is 5.97 Å². The van der Waals surface area contributed by atoms with Gasteiger partial charge in [-0.05, 0) is 43.9 Å². The lowest BCUT2D eigenvalue weighted by Gasteiger charge is -2.35. The largest absolute Gasteiger partial charge is 0.493 e. The van der Waals surface area contributed by atoms with Gasteiger partial charge in [-0.3, -0.25) is 0 Å². The van der Waals surface area contributed by atoms with Crippen LogP contribution in [0.4, 0.5) is 0 Å². The first-order valence-corrected chi connectivity index (χ1v) is 12.0. The lowest BCUT2D eigenvalue weighted by atomic mass is 9.75. The first-order valence-electron chi connectivity index (χ1n) is 12.0. The van der Waals surface area contributed by atoms with E-state index in [4.69, 9.17) is 33.2 Å². The number of hydrogen-bond acceptors (Lipinski definition) is 8. The molecule has 1 aliphatic heterocycles. The van der Waals surface area contributed by atoms with Crippen LogP contribution in [-0.4, -0.2) is 41.2 Å². The summed E-state index contributed by atoms with van der Waals surface area (Å²) >= 11 is 0. The number of rotatable bonds is 6. The zero-order chi connectivity index (χ0) is 26.1. The molecule has 4 rings (SSSR count). The van der Waals surface area contributed by atoms with Crippen molar-refractivity contribution in [3.05, 3.63) is 34.9 Å². The number of carbonyl (C=O) groups excluding carboxylic acids is 1. The third kappa shape index (κ3) is 4.08. The Hall–Kier alpha value is -3.55. The fraction of sp³-hybridized carbons (Fsp3) is 0.464. The summed E-state index contributed by atoms with van der Waals surface area (Å²) in [5, 5.41) is 0. The highest BCUT2D eigenvalue weighted by molar-refractivity contribution is 5.90. The van der Waals surface area contributed by atoms with Gasteiger partial charge in [-0.15, -0.1) is 0 Å². The number of carbonyl (C=O) groups is 1. The summed E-state index contributed by atoms with van der Waals surface area (Å²) in [4.78, 5) is 13.0. The van der Waals surface area contributed by atoms with E-state index < -0.39 is 6.10 Å². The van der Waals surface area contributed by atoms with Gasteiger partial charge in [0.25, 0.3) is 0 Å². The average molecular weight is 499 g/mol. The smallest absolute Gasteiger partial charge is 0.333 e. The van der Waals surface area contributed by atoms with Crippen LogP contribution >= 0.6 is 0 Å². The molecule has 0 bridgehead atoms. The van der Waals surface area contributed by atoms with Gasteiger partial charge in [0, 0.05) is 28.2 Å². The second-order valence-electron chi connectivity index (χ2n) is 9.13. The van der Waals surface area contributed by atoms with E-state index in [0.29, 0.717) is 52.1 Å². The molecule has 194 valence electrons. The summed E-state index contributed by atoms with van der Waals surface area (Å²) in [6.45, 7) is 7.87. The van der Waals surface area contributed by atoms with Gasteiger partial charge in [0.2, 0.25) is 18.3 Å². The second kappa shape index (κ2) is 10.2. The van der Waals surface area contributed by atoms with Gasteiger partial charge in [-0.25, -0.2) is 4.79 Å². The van der Waals surface area contributed by atoms with E-state index in [1.54, 1.807) is 41.4 Å². The Morgan fingerprint density at radius 3 is 2.25 bits per heavy atom. The van der Waals surface area contributed by atoms with E-state index in [1.165, 1.54) is 0 Å². The molecule has 2 aromatic carbocycles. The first-order chi connectivity index (χ1) is 17.3. The number of fused-ring (bicyclic) bond motifs is 4. The third-order valence-corrected chi connectivity index (χ3v) is 7.23. The van der Waals surface area contributed by atoms with Gasteiger partial charge < -0.3 is 33.2 Å². The molecule has 3 atom stereocenters. The summed E-state index contributed by atoms with van der Waals surface area (Å²) in [7, 11) is 6.35. The summed E-state index contributed by atoms with van der Waals surface area (Å²) < 4.78 is 41.0. The van der Waals surface area contributed by atoms with Gasteiger partial charge in [0.05, 0.1) is 28.4 Å². The topological polar surface area (TPSA) is 81.7 Å². The fourth-order valence-corrected chi connectivity index (χ4v) is 4.96. The molecule has 0 spiro atoms. The standard InChI is InChI=1S/C28H34O8/c1-9-14(2)28(29)36-23-16(4)15(3)10-17-11-19(30-5)24(31-6)26(32-7)21(17)22-18(23)12-20-25(27(22)33-8)35-13-34-20/h9,11-12,15-16,23H,10,13H2,1-8H3/t15-,16-,23+/m1/s1. The van der Waals surface area contributed by atoms with Gasteiger partial charge in [-0.1, -0.05) is 19.9 Å². The van der Waals surface area contributed by atoms with Crippen molar-refractivity contribution in [1.29, 1.82) is 0 Å². The Labute approximate surface area is 212 Å². The molecule has 2 aromatic rings. The summed E-state index contributed by atoms with van der Waals surface area (Å²) in [6, 6.07) is 3.86. The van der Waals surface area contributed by atoms with Crippen LogP contribution in [0, 0.1) is 11.8 Å². The second-order valence-corrected chi connectivity index (χ2v) is 9.13. The van der Waals surface area contributed by atoms with Gasteiger partial charge in [0.1, 0.15) is 6.10 Å². The van der Waals surface area contributed by atoms with E-state index in [1.807, 2.05) is 19.1 Å². The van der Waals surface area contributed by atoms with Crippen molar-refractivity contribution in [1.82, 2.24) is 0 Å². The van der Waals surface area contributed by atoms with Crippen LogP contribution in [0.25, 0.3) is 11.1 Å². The van der Waals surface area contributed by atoms with Gasteiger partial charge >= 0.3 is 5.97 Å². The Kier molecular flexibility index (Phi) is 7.24. The molecule has 36 heavy (non-hydrogen) atoms. The predicted octanol–water partition coefficient (Wildman–Crippen LogP) is 5.50. The maximum absolute atomic E-state index is 13.0. The fourth-order valence-electron chi connectivity index (χ4n) is 4.96. The molecular weight excluding hydrogens is 464 g/mol. The molecule has 0 saturated carbocycles. The van der Waals surface area contributed by atoms with Crippen LogP contribution in [0.2, 0.25) is 0 Å². The Morgan fingerprint density at radius 1 is 0.944 bits per heavy atom. The normalized spacial score (nSPS) is 20.4. The molecule has 0 N–H and O–H groups in total. The lowest BCUT2D eigenvalue weighted by Crippen LogP contribution is -2.27. The average Bonchev–Trinajstić information content (AvgIpc) is 3.36. The van der Waals surface area contributed by atoms with Crippen molar-refractivity contribution in [2.24, 2.45) is 11.8 Å². The summed E-state index contributed by atoms with van der Waals surface area (Å²) in [5.41, 5.74) is 3.78. The quantitative estimate of drug-likeness (QED) is 0.382. The van der Waals surface area contributed by atoms with Crippen molar-refractivity contribution < 1.29 is 38.0 Å². The minimum absolute atomic E-state index is 0.0327. The molecule has 0 unspecified atom stereocenters. The molecule has 0 amide bonds. The molecule has 0 saturated heterocycles. The predicted molar refractivity (Wildman–Crippen MR) is 135 cm³/mol. The molecule has 8 heteroatoms. The van der Waals surface area contributed by atoms with Crippen LogP contribution in [0.3, 0.4) is 0 Å². The van der Waals surface area contributed by atoms with Crippen LogP contribution in [0.15, 0.2) is 23.8 Å². The molecular formula is C28H34O8. The van der Waals surface area contributed by atoms with Crippen LogP contribution in [-0.2, 0) is 16.0 Å². The van der Waals surface area contributed by atoms with Gasteiger partial charge in [0.15, 0.2) is 23.0 Å². The molecule has 2 aliphatic rings. The van der Waals surface area contributed by atoms with E-state index in [9.17, 15) is 4.79 Å². The lowest BCUT2D eigenvalue weighted by molar-refractivity contribution is -0.148. The maximum atomic E-state index is 13.0. The summed E-state index contributed by atoms with van der Waals surface area (Å²) in [6.07, 6.45) is 1.85. The molecule has 1 heterocycles. The van der Waals surface area contributed by atoms with Crippen LogP contribution < -0.4 is 28.4 Å². The Balaban J connectivity index is 2.12. The molecule has 1 aliphatic carbocycles. The number of benzene rings is 2. The number of methoxy groups -OCH3 is 4. The van der Waals surface area contributed by atoms with E-state index >= 15 is 0 Å². The highest BCUT2D eigenvalue weighted by Gasteiger charge is 2.40. The van der Waals surface area contributed by atoms with Crippen LogP contribution in [0.5, 0.6) is 34.5 Å². The monoisotopic (exact) mass is 498 g/mol. The van der Waals surface area contributed by atoms with E-state index in [-0.39, 0.29) is 24.6 Å². The van der Waals surface area contributed by atoms with Crippen molar-refractivity contribution in [2.45, 2.75) is 40.2 Å². The minimum atomic E-state index is -0.577. The number of ether oxygens (including phenoxy) is 7. The SMILES string of the molecule is CC=C(C)C(=O)O[C@@H]1c2cc3c(c(OC)c2-c2c(cc(OC)c(OC)c2OC)C[C@@H](C)[C@H]1C)OCO3. The zero-order valence-electron chi connectivity index (χ0n) is 22.1. The molecule has 0 aromatic heterocycles. The number of allylic oxidation sites excluding steroid dienone is 1. The number of hydrogen-bond donors (Lipinski definition) is 0. The highest BCUT2D eigenvalue weighted by Crippen LogP contribution is 2.58. The van der Waals surface area contributed by atoms with E-state index in [2.05, 4.69) is 13.8 Å². The first kappa shape index (κ1) is 25.5. The molecule has 0 fully saturated rings. The Morgan fingerprint density at radius 2 is 1.64 bits per heavy atom. The maximum Gasteiger partial charge on any atom is 0.333 e. The molecule has 8 nitrogen and oxygen atoms in total. The minimum Gasteiger partial charge on any atom is -0.493 e. The zero-order valence-corrected chi connectivity index (χ0v) is 22.1. The van der Waals surface area contributed by atoms with Crippen molar-refractivity contribution in [3.8, 4) is 45.6 Å². The van der Waals surface area contributed by atoms with Crippen molar-refractivity contribution in [3.63, 3.8) is 0 Å². The van der Waals surface area contributed by atoms with Crippen LogP contribution in [0.1, 0.15) is 44.9 Å². The highest BCUT2D eigenvalue weighted by atomic mass is 16.7. The summed E-state index contributed by atoms with van der Waals surface area (Å²) in [5.74, 6) is 2.79. The number of esters is 1.